The normalized spacial score (nSPS) is 10.3. The van der Waals surface area contributed by atoms with Crippen molar-refractivity contribution in [3.05, 3.63) is 53.7 Å². The third-order valence-electron chi connectivity index (χ3n) is 3.22. The molecule has 0 N–H and O–H groups in total. The van der Waals surface area contributed by atoms with Gasteiger partial charge in [0.15, 0.2) is 0 Å². The topological polar surface area (TPSA) is 42.4 Å². The van der Waals surface area contributed by atoms with E-state index < -0.39 is 0 Å². The highest BCUT2D eigenvalue weighted by Gasteiger charge is 2.12. The Morgan fingerprint density at radius 3 is 2.55 bits per heavy atom. The number of carbonyl (C=O) groups excluding carboxylic acids is 1. The van der Waals surface area contributed by atoms with Crippen molar-refractivity contribution in [1.82, 2.24) is 10.0 Å². The number of rotatable bonds is 4. The summed E-state index contributed by atoms with van der Waals surface area (Å²) in [6.07, 6.45) is 2.64. The average Bonchev–Trinajstić information content (AvgIpc) is 2.53. The summed E-state index contributed by atoms with van der Waals surface area (Å²) in [4.78, 5) is 21.3. The van der Waals surface area contributed by atoms with Crippen molar-refractivity contribution in [2.75, 3.05) is 14.2 Å². The van der Waals surface area contributed by atoms with E-state index in [1.54, 1.807) is 25.4 Å². The smallest absolute Gasteiger partial charge is 0.274 e. The Labute approximate surface area is 119 Å². The van der Waals surface area contributed by atoms with Crippen LogP contribution >= 0.6 is 0 Å². The summed E-state index contributed by atoms with van der Waals surface area (Å²) >= 11 is 0. The average molecular weight is 270 g/mol. The predicted molar refractivity (Wildman–Crippen MR) is 78.2 cm³/mol. The Kier molecular flexibility index (Phi) is 4.48. The molecule has 0 radical (unpaired) electrons. The molecule has 1 aromatic heterocycles. The molecule has 1 aromatic carbocycles. The summed E-state index contributed by atoms with van der Waals surface area (Å²) in [6, 6.07) is 11.7. The first-order chi connectivity index (χ1) is 9.65. The van der Waals surface area contributed by atoms with Crippen LogP contribution in [-0.4, -0.2) is 30.1 Å². The van der Waals surface area contributed by atoms with E-state index in [0.717, 1.165) is 17.7 Å². The van der Waals surface area contributed by atoms with E-state index in [-0.39, 0.29) is 5.91 Å². The van der Waals surface area contributed by atoms with Gasteiger partial charge >= 0.3 is 0 Å². The number of amides is 1. The van der Waals surface area contributed by atoms with E-state index in [1.807, 2.05) is 12.1 Å². The van der Waals surface area contributed by atoms with E-state index in [1.165, 1.54) is 17.7 Å². The number of hydroxylamine groups is 2. The summed E-state index contributed by atoms with van der Waals surface area (Å²) < 4.78 is 0. The lowest BCUT2D eigenvalue weighted by Crippen LogP contribution is -2.25. The number of pyridine rings is 1. The molecule has 0 aliphatic rings. The third kappa shape index (κ3) is 3.03. The summed E-state index contributed by atoms with van der Waals surface area (Å²) in [5.41, 5.74) is 3.61. The third-order valence-corrected chi connectivity index (χ3v) is 3.22. The van der Waals surface area contributed by atoms with Gasteiger partial charge in [0.2, 0.25) is 0 Å². The second-order valence-corrected chi connectivity index (χ2v) is 4.47. The first-order valence-electron chi connectivity index (χ1n) is 6.53. The molecule has 0 spiro atoms. The Morgan fingerprint density at radius 1 is 1.25 bits per heavy atom. The zero-order valence-corrected chi connectivity index (χ0v) is 12.0. The zero-order chi connectivity index (χ0) is 14.5. The lowest BCUT2D eigenvalue weighted by atomic mass is 10.1. The van der Waals surface area contributed by atoms with E-state index >= 15 is 0 Å². The fourth-order valence-corrected chi connectivity index (χ4v) is 1.90. The number of aryl methyl sites for hydroxylation is 1. The molecule has 0 unspecified atom stereocenters. The first kappa shape index (κ1) is 14.2. The van der Waals surface area contributed by atoms with E-state index in [9.17, 15) is 4.79 Å². The minimum Gasteiger partial charge on any atom is -0.274 e. The Hall–Kier alpha value is -2.20. The Bertz CT molecular complexity index is 594. The van der Waals surface area contributed by atoms with Gasteiger partial charge in [0, 0.05) is 24.4 Å². The van der Waals surface area contributed by atoms with Crippen LogP contribution in [0.15, 0.2) is 42.6 Å². The van der Waals surface area contributed by atoms with Gasteiger partial charge in [0.05, 0.1) is 12.8 Å². The van der Waals surface area contributed by atoms with E-state index in [2.05, 4.69) is 24.0 Å². The molecule has 2 rings (SSSR count). The number of hydrogen-bond donors (Lipinski definition) is 0. The van der Waals surface area contributed by atoms with Gasteiger partial charge in [0.25, 0.3) is 5.91 Å². The molecule has 20 heavy (non-hydrogen) atoms. The van der Waals surface area contributed by atoms with Gasteiger partial charge in [-0.05, 0) is 24.1 Å². The monoisotopic (exact) mass is 270 g/mol. The van der Waals surface area contributed by atoms with Gasteiger partial charge in [-0.1, -0.05) is 31.2 Å². The van der Waals surface area contributed by atoms with E-state index in [4.69, 9.17) is 4.84 Å². The molecule has 0 saturated carbocycles. The van der Waals surface area contributed by atoms with Gasteiger partial charge in [-0.15, -0.1) is 0 Å². The van der Waals surface area contributed by atoms with Crippen LogP contribution in [0.4, 0.5) is 0 Å². The van der Waals surface area contributed by atoms with Crippen molar-refractivity contribution < 1.29 is 9.63 Å². The molecule has 0 aliphatic carbocycles. The minimum absolute atomic E-state index is 0.193. The van der Waals surface area contributed by atoms with Crippen LogP contribution in [0, 0.1) is 0 Å². The lowest BCUT2D eigenvalue weighted by Gasteiger charge is -2.13. The number of carbonyl (C=O) groups is 1. The van der Waals surface area contributed by atoms with Crippen molar-refractivity contribution in [3.63, 3.8) is 0 Å². The van der Waals surface area contributed by atoms with Crippen LogP contribution in [0.25, 0.3) is 11.3 Å². The molecule has 4 heteroatoms. The maximum absolute atomic E-state index is 12.0. The summed E-state index contributed by atoms with van der Waals surface area (Å²) in [5.74, 6) is -0.193. The maximum Gasteiger partial charge on any atom is 0.277 e. The molecule has 0 atom stereocenters. The molecule has 0 saturated heterocycles. The quantitative estimate of drug-likeness (QED) is 0.802. The van der Waals surface area contributed by atoms with Gasteiger partial charge in [-0.3, -0.25) is 14.6 Å². The number of hydrogen-bond acceptors (Lipinski definition) is 3. The standard InChI is InChI=1S/C16H18N2O2/c1-4-12-5-7-13(8-6-12)15-11-14(9-10-17-15)16(19)18(2)20-3/h5-11H,4H2,1-3H3. The molecule has 0 fully saturated rings. The van der Waals surface area contributed by atoms with Gasteiger partial charge in [-0.2, -0.15) is 0 Å². The highest BCUT2D eigenvalue weighted by atomic mass is 16.7. The highest BCUT2D eigenvalue weighted by Crippen LogP contribution is 2.19. The number of nitrogens with zero attached hydrogens (tertiary/aromatic N) is 2. The SMILES string of the molecule is CCc1ccc(-c2cc(C(=O)N(C)OC)ccn2)cc1. The molecular weight excluding hydrogens is 252 g/mol. The largest absolute Gasteiger partial charge is 0.277 e. The van der Waals surface area contributed by atoms with Crippen LogP contribution in [0.2, 0.25) is 0 Å². The van der Waals surface area contributed by atoms with Crippen molar-refractivity contribution in [3.8, 4) is 11.3 Å². The number of aromatic nitrogens is 1. The van der Waals surface area contributed by atoms with Crippen molar-refractivity contribution in [1.29, 1.82) is 0 Å². The predicted octanol–water partition coefficient (Wildman–Crippen LogP) is 2.94. The van der Waals surface area contributed by atoms with Crippen LogP contribution < -0.4 is 0 Å². The first-order valence-corrected chi connectivity index (χ1v) is 6.53. The van der Waals surface area contributed by atoms with Crippen LogP contribution in [0.1, 0.15) is 22.8 Å². The Morgan fingerprint density at radius 2 is 1.95 bits per heavy atom. The molecule has 4 nitrogen and oxygen atoms in total. The molecule has 1 amide bonds. The fraction of sp³-hybridized carbons (Fsp3) is 0.250. The van der Waals surface area contributed by atoms with E-state index in [0.29, 0.717) is 5.56 Å². The highest BCUT2D eigenvalue weighted by molar-refractivity contribution is 5.94. The summed E-state index contributed by atoms with van der Waals surface area (Å²) in [7, 11) is 3.04. The summed E-state index contributed by atoms with van der Waals surface area (Å²) in [6.45, 7) is 2.12. The molecule has 1 heterocycles. The van der Waals surface area contributed by atoms with Gasteiger partial charge in [-0.25, -0.2) is 5.06 Å². The molecular formula is C16H18N2O2. The fourth-order valence-electron chi connectivity index (χ4n) is 1.90. The lowest BCUT2D eigenvalue weighted by molar-refractivity contribution is -0.0757. The van der Waals surface area contributed by atoms with Crippen molar-refractivity contribution in [2.45, 2.75) is 13.3 Å². The van der Waals surface area contributed by atoms with Crippen molar-refractivity contribution in [2.24, 2.45) is 0 Å². The molecule has 0 aliphatic heterocycles. The molecule has 0 bridgehead atoms. The van der Waals surface area contributed by atoms with Crippen LogP contribution in [0.5, 0.6) is 0 Å². The molecule has 104 valence electrons. The van der Waals surface area contributed by atoms with Crippen LogP contribution in [0.3, 0.4) is 0 Å². The number of benzene rings is 1. The molecule has 2 aromatic rings. The second-order valence-electron chi connectivity index (χ2n) is 4.47. The maximum atomic E-state index is 12.0. The van der Waals surface area contributed by atoms with Crippen molar-refractivity contribution >= 4 is 5.91 Å². The van der Waals surface area contributed by atoms with Gasteiger partial charge in [0.1, 0.15) is 0 Å². The second kappa shape index (κ2) is 6.30. The zero-order valence-electron chi connectivity index (χ0n) is 12.0. The minimum atomic E-state index is -0.193. The van der Waals surface area contributed by atoms with Gasteiger partial charge < -0.3 is 0 Å². The summed E-state index contributed by atoms with van der Waals surface area (Å²) in [5, 5.41) is 1.19. The van der Waals surface area contributed by atoms with Crippen LogP contribution in [-0.2, 0) is 11.3 Å². The Balaban J connectivity index is 2.31.